The third-order valence-corrected chi connectivity index (χ3v) is 3.56. The van der Waals surface area contributed by atoms with Gasteiger partial charge in [0.05, 0.1) is 11.7 Å². The summed E-state index contributed by atoms with van der Waals surface area (Å²) in [6.07, 6.45) is 1.79. The van der Waals surface area contributed by atoms with Crippen molar-refractivity contribution >= 4 is 5.91 Å². The van der Waals surface area contributed by atoms with Crippen LogP contribution in [0.25, 0.3) is 0 Å². The fourth-order valence-corrected chi connectivity index (χ4v) is 2.28. The van der Waals surface area contributed by atoms with Crippen molar-refractivity contribution in [2.45, 2.75) is 19.4 Å². The lowest BCUT2D eigenvalue weighted by Gasteiger charge is -2.36. The van der Waals surface area contributed by atoms with Crippen molar-refractivity contribution in [3.8, 4) is 0 Å². The summed E-state index contributed by atoms with van der Waals surface area (Å²) in [5.41, 5.74) is -0.281. The number of ether oxygens (including phenoxy) is 1. The van der Waals surface area contributed by atoms with E-state index in [1.54, 1.807) is 7.11 Å². The van der Waals surface area contributed by atoms with Gasteiger partial charge < -0.3 is 9.64 Å². The highest BCUT2D eigenvalue weighted by atomic mass is 19.2. The van der Waals surface area contributed by atoms with Crippen LogP contribution in [0.5, 0.6) is 0 Å². The number of likely N-dealkylation sites (tertiary alicyclic amines) is 1. The molecule has 2 rings (SSSR count). The molecule has 0 aliphatic carbocycles. The zero-order valence-corrected chi connectivity index (χ0v) is 10.9. The standard InChI is InChI=1S/C13H16F2N2O2/c1-8-4-6-17(7-10(8)19-2)13(18)9-3-5-16-12(15)11(9)14/h3,5,8,10H,4,6-7H2,1-2H3. The first kappa shape index (κ1) is 13.9. The SMILES string of the molecule is COC1CN(C(=O)c2ccnc(F)c2F)CCC1C. The number of methoxy groups -OCH3 is 1. The third kappa shape index (κ3) is 2.73. The highest BCUT2D eigenvalue weighted by Crippen LogP contribution is 2.22. The average molecular weight is 270 g/mol. The summed E-state index contributed by atoms with van der Waals surface area (Å²) < 4.78 is 31.9. The Balaban J connectivity index is 2.18. The summed E-state index contributed by atoms with van der Waals surface area (Å²) >= 11 is 0. The van der Waals surface area contributed by atoms with Crippen LogP contribution in [0, 0.1) is 17.7 Å². The van der Waals surface area contributed by atoms with Gasteiger partial charge in [-0.25, -0.2) is 9.37 Å². The van der Waals surface area contributed by atoms with E-state index in [1.807, 2.05) is 6.92 Å². The van der Waals surface area contributed by atoms with Gasteiger partial charge in [-0.1, -0.05) is 6.92 Å². The maximum atomic E-state index is 13.5. The molecule has 0 spiro atoms. The number of amides is 1. The van der Waals surface area contributed by atoms with E-state index in [2.05, 4.69) is 4.98 Å². The molecule has 1 amide bonds. The predicted octanol–water partition coefficient (Wildman–Crippen LogP) is 1.86. The summed E-state index contributed by atoms with van der Waals surface area (Å²) in [7, 11) is 1.59. The number of pyridine rings is 1. The fraction of sp³-hybridized carbons (Fsp3) is 0.538. The molecule has 1 aliphatic rings. The Morgan fingerprint density at radius 2 is 2.26 bits per heavy atom. The van der Waals surface area contributed by atoms with E-state index in [9.17, 15) is 13.6 Å². The highest BCUT2D eigenvalue weighted by Gasteiger charge is 2.30. The Labute approximate surface area is 110 Å². The van der Waals surface area contributed by atoms with Gasteiger partial charge in [0.25, 0.3) is 5.91 Å². The van der Waals surface area contributed by atoms with Gasteiger partial charge in [-0.05, 0) is 18.4 Å². The second-order valence-corrected chi connectivity index (χ2v) is 4.75. The van der Waals surface area contributed by atoms with E-state index in [0.717, 1.165) is 12.6 Å². The normalized spacial score (nSPS) is 23.5. The summed E-state index contributed by atoms with van der Waals surface area (Å²) in [6.45, 7) is 2.95. The van der Waals surface area contributed by atoms with E-state index < -0.39 is 17.7 Å². The summed E-state index contributed by atoms with van der Waals surface area (Å²) in [5.74, 6) is -2.62. The van der Waals surface area contributed by atoms with E-state index in [0.29, 0.717) is 19.0 Å². The number of hydrogen-bond acceptors (Lipinski definition) is 3. The van der Waals surface area contributed by atoms with Gasteiger partial charge in [-0.2, -0.15) is 4.39 Å². The maximum Gasteiger partial charge on any atom is 0.257 e. The van der Waals surface area contributed by atoms with Crippen LogP contribution in [0.2, 0.25) is 0 Å². The second-order valence-electron chi connectivity index (χ2n) is 4.75. The number of halogens is 2. The molecular weight excluding hydrogens is 254 g/mol. The molecule has 0 N–H and O–H groups in total. The van der Waals surface area contributed by atoms with Gasteiger partial charge in [-0.15, -0.1) is 0 Å². The van der Waals surface area contributed by atoms with E-state index in [1.165, 1.54) is 11.0 Å². The Kier molecular flexibility index (Phi) is 4.09. The van der Waals surface area contributed by atoms with Gasteiger partial charge >= 0.3 is 0 Å². The monoisotopic (exact) mass is 270 g/mol. The first-order chi connectivity index (χ1) is 9.04. The Morgan fingerprint density at radius 1 is 1.53 bits per heavy atom. The zero-order chi connectivity index (χ0) is 14.0. The van der Waals surface area contributed by atoms with Gasteiger partial charge in [0.15, 0.2) is 5.82 Å². The number of carbonyl (C=O) groups excluding carboxylic acids is 1. The van der Waals surface area contributed by atoms with Crippen LogP contribution < -0.4 is 0 Å². The summed E-state index contributed by atoms with van der Waals surface area (Å²) in [6, 6.07) is 1.20. The predicted molar refractivity (Wildman–Crippen MR) is 64.6 cm³/mol. The van der Waals surface area contributed by atoms with Gasteiger partial charge in [0.2, 0.25) is 5.95 Å². The Bertz CT molecular complexity index is 482. The van der Waals surface area contributed by atoms with Crippen LogP contribution in [0.4, 0.5) is 8.78 Å². The van der Waals surface area contributed by atoms with E-state index in [4.69, 9.17) is 4.74 Å². The Hall–Kier alpha value is -1.56. The molecule has 4 nitrogen and oxygen atoms in total. The lowest BCUT2D eigenvalue weighted by molar-refractivity contribution is -0.00176. The van der Waals surface area contributed by atoms with Crippen molar-refractivity contribution < 1.29 is 18.3 Å². The first-order valence-electron chi connectivity index (χ1n) is 6.16. The number of aromatic nitrogens is 1. The third-order valence-electron chi connectivity index (χ3n) is 3.56. The fourth-order valence-electron chi connectivity index (χ4n) is 2.28. The first-order valence-corrected chi connectivity index (χ1v) is 6.16. The molecule has 1 fully saturated rings. The molecular formula is C13H16F2N2O2. The molecule has 104 valence electrons. The van der Waals surface area contributed by atoms with Crippen LogP contribution in [0.3, 0.4) is 0 Å². The van der Waals surface area contributed by atoms with Crippen molar-refractivity contribution in [1.82, 2.24) is 9.88 Å². The highest BCUT2D eigenvalue weighted by molar-refractivity contribution is 5.94. The number of rotatable bonds is 2. The number of piperidine rings is 1. The maximum absolute atomic E-state index is 13.5. The Morgan fingerprint density at radius 3 is 2.95 bits per heavy atom. The summed E-state index contributed by atoms with van der Waals surface area (Å²) in [5, 5.41) is 0. The number of carbonyl (C=O) groups is 1. The molecule has 2 unspecified atom stereocenters. The topological polar surface area (TPSA) is 42.4 Å². The minimum atomic E-state index is -1.25. The molecule has 1 saturated heterocycles. The van der Waals surface area contributed by atoms with Crippen molar-refractivity contribution in [2.75, 3.05) is 20.2 Å². The lowest BCUT2D eigenvalue weighted by atomic mass is 9.95. The largest absolute Gasteiger partial charge is 0.379 e. The van der Waals surface area contributed by atoms with Gasteiger partial charge in [0, 0.05) is 26.4 Å². The van der Waals surface area contributed by atoms with Gasteiger partial charge in [-0.3, -0.25) is 4.79 Å². The van der Waals surface area contributed by atoms with Crippen molar-refractivity contribution in [2.24, 2.45) is 5.92 Å². The molecule has 6 heteroatoms. The van der Waals surface area contributed by atoms with E-state index in [-0.39, 0.29) is 11.7 Å². The van der Waals surface area contributed by atoms with Crippen molar-refractivity contribution in [1.29, 1.82) is 0 Å². The average Bonchev–Trinajstić information content (AvgIpc) is 2.41. The quantitative estimate of drug-likeness (QED) is 0.770. The van der Waals surface area contributed by atoms with Crippen LogP contribution in [0.15, 0.2) is 12.3 Å². The molecule has 2 atom stereocenters. The summed E-state index contributed by atoms with van der Waals surface area (Å²) in [4.78, 5) is 16.8. The number of nitrogens with zero attached hydrogens (tertiary/aromatic N) is 2. The van der Waals surface area contributed by atoms with Crippen LogP contribution in [-0.2, 0) is 4.74 Å². The van der Waals surface area contributed by atoms with E-state index >= 15 is 0 Å². The van der Waals surface area contributed by atoms with Crippen LogP contribution in [-0.4, -0.2) is 42.1 Å². The van der Waals surface area contributed by atoms with Crippen molar-refractivity contribution in [3.63, 3.8) is 0 Å². The molecule has 0 bridgehead atoms. The van der Waals surface area contributed by atoms with Gasteiger partial charge in [0.1, 0.15) is 0 Å². The minimum Gasteiger partial charge on any atom is -0.379 e. The molecule has 1 aromatic rings. The second kappa shape index (κ2) is 5.61. The smallest absolute Gasteiger partial charge is 0.257 e. The molecule has 2 heterocycles. The van der Waals surface area contributed by atoms with Crippen LogP contribution >= 0.6 is 0 Å². The molecule has 0 radical (unpaired) electrons. The molecule has 1 aromatic heterocycles. The van der Waals surface area contributed by atoms with Crippen LogP contribution in [0.1, 0.15) is 23.7 Å². The lowest BCUT2D eigenvalue weighted by Crippen LogP contribution is -2.46. The molecule has 19 heavy (non-hydrogen) atoms. The molecule has 0 saturated carbocycles. The number of hydrogen-bond donors (Lipinski definition) is 0. The molecule has 1 aliphatic heterocycles. The zero-order valence-electron chi connectivity index (χ0n) is 10.9. The minimum absolute atomic E-state index is 0.0764. The molecule has 0 aromatic carbocycles. The van der Waals surface area contributed by atoms with Crippen molar-refractivity contribution in [3.05, 3.63) is 29.6 Å².